The van der Waals surface area contributed by atoms with E-state index in [1.165, 1.54) is 20.9 Å². The van der Waals surface area contributed by atoms with Crippen LogP contribution in [0.15, 0.2) is 24.3 Å². The first kappa shape index (κ1) is 13.1. The van der Waals surface area contributed by atoms with Crippen LogP contribution in [0.25, 0.3) is 0 Å². The van der Waals surface area contributed by atoms with Gasteiger partial charge < -0.3 is 10.5 Å². The maximum absolute atomic E-state index is 6.36. The molecule has 0 bridgehead atoms. The maximum atomic E-state index is 6.36. The van der Waals surface area contributed by atoms with E-state index in [4.69, 9.17) is 10.5 Å². The molecule has 2 nitrogen and oxygen atoms in total. The van der Waals surface area contributed by atoms with Crippen LogP contribution in [-0.4, -0.2) is 7.11 Å². The first-order chi connectivity index (χ1) is 8.52. The molecule has 1 aromatic heterocycles. The number of benzene rings is 1. The van der Waals surface area contributed by atoms with Crippen LogP contribution < -0.4 is 10.5 Å². The first-order valence-electron chi connectivity index (χ1n) is 6.00. The predicted octanol–water partition coefficient (Wildman–Crippen LogP) is 3.73. The van der Waals surface area contributed by atoms with E-state index >= 15 is 0 Å². The van der Waals surface area contributed by atoms with Gasteiger partial charge >= 0.3 is 0 Å². The summed E-state index contributed by atoms with van der Waals surface area (Å²) in [6.07, 6.45) is 0. The van der Waals surface area contributed by atoms with Crippen molar-refractivity contribution in [1.29, 1.82) is 0 Å². The molecule has 2 N–H and O–H groups in total. The van der Waals surface area contributed by atoms with Gasteiger partial charge in [0.05, 0.1) is 13.2 Å². The van der Waals surface area contributed by atoms with Gasteiger partial charge in [0, 0.05) is 9.75 Å². The Labute approximate surface area is 112 Å². The number of rotatable bonds is 3. The van der Waals surface area contributed by atoms with E-state index in [-0.39, 0.29) is 6.04 Å². The third-order valence-electron chi connectivity index (χ3n) is 3.30. The van der Waals surface area contributed by atoms with Gasteiger partial charge in [0.1, 0.15) is 5.75 Å². The minimum Gasteiger partial charge on any atom is -0.497 e. The standard InChI is InChI=1S/C15H19NOS/c1-9-8-14(18-11(9)3)15(16)13-6-5-12(17-4)7-10(13)2/h5-8,15H,16H2,1-4H3. The minimum atomic E-state index is -0.0479. The topological polar surface area (TPSA) is 35.2 Å². The number of hydrogen-bond acceptors (Lipinski definition) is 3. The Morgan fingerprint density at radius 3 is 2.33 bits per heavy atom. The molecule has 18 heavy (non-hydrogen) atoms. The van der Waals surface area contributed by atoms with Crippen LogP contribution >= 0.6 is 11.3 Å². The van der Waals surface area contributed by atoms with Crippen LogP contribution in [0.1, 0.15) is 32.5 Å². The lowest BCUT2D eigenvalue weighted by atomic mass is 10.00. The number of nitrogens with two attached hydrogens (primary N) is 1. The van der Waals surface area contributed by atoms with Gasteiger partial charge in [-0.15, -0.1) is 11.3 Å². The molecule has 0 aliphatic rings. The lowest BCUT2D eigenvalue weighted by Gasteiger charge is -2.14. The summed E-state index contributed by atoms with van der Waals surface area (Å²) in [6.45, 7) is 6.34. The molecule has 1 aromatic carbocycles. The van der Waals surface area contributed by atoms with Gasteiger partial charge in [-0.05, 0) is 55.7 Å². The highest BCUT2D eigenvalue weighted by Gasteiger charge is 2.15. The fourth-order valence-electron chi connectivity index (χ4n) is 2.03. The second-order valence-corrected chi connectivity index (χ2v) is 5.88. The van der Waals surface area contributed by atoms with Gasteiger partial charge in [0.25, 0.3) is 0 Å². The van der Waals surface area contributed by atoms with Gasteiger partial charge in [-0.1, -0.05) is 6.07 Å². The zero-order valence-corrected chi connectivity index (χ0v) is 12.1. The van der Waals surface area contributed by atoms with Gasteiger partial charge in [-0.25, -0.2) is 0 Å². The molecule has 96 valence electrons. The SMILES string of the molecule is COc1ccc(C(N)c2cc(C)c(C)s2)c(C)c1. The summed E-state index contributed by atoms with van der Waals surface area (Å²) in [5, 5.41) is 0. The highest BCUT2D eigenvalue weighted by molar-refractivity contribution is 7.12. The van der Waals surface area contributed by atoms with Crippen molar-refractivity contribution in [2.75, 3.05) is 7.11 Å². The molecule has 1 unspecified atom stereocenters. The number of methoxy groups -OCH3 is 1. The molecule has 0 fully saturated rings. The predicted molar refractivity (Wildman–Crippen MR) is 77.6 cm³/mol. The summed E-state index contributed by atoms with van der Waals surface area (Å²) in [4.78, 5) is 2.56. The zero-order valence-electron chi connectivity index (χ0n) is 11.3. The largest absolute Gasteiger partial charge is 0.497 e. The lowest BCUT2D eigenvalue weighted by molar-refractivity contribution is 0.414. The van der Waals surface area contributed by atoms with Crippen molar-refractivity contribution in [1.82, 2.24) is 0 Å². The average Bonchev–Trinajstić information content (AvgIpc) is 2.68. The van der Waals surface area contributed by atoms with Crippen molar-refractivity contribution in [3.8, 4) is 5.75 Å². The second-order valence-electron chi connectivity index (χ2n) is 4.59. The van der Waals surface area contributed by atoms with Gasteiger partial charge in [-0.3, -0.25) is 0 Å². The Kier molecular flexibility index (Phi) is 3.73. The van der Waals surface area contributed by atoms with Crippen molar-refractivity contribution >= 4 is 11.3 Å². The highest BCUT2D eigenvalue weighted by Crippen LogP contribution is 2.31. The van der Waals surface area contributed by atoms with Crippen molar-refractivity contribution < 1.29 is 4.74 Å². The molecule has 0 saturated carbocycles. The summed E-state index contributed by atoms with van der Waals surface area (Å²) in [5.74, 6) is 0.877. The maximum Gasteiger partial charge on any atom is 0.119 e. The highest BCUT2D eigenvalue weighted by atomic mass is 32.1. The second kappa shape index (κ2) is 5.12. The Morgan fingerprint density at radius 1 is 1.11 bits per heavy atom. The van der Waals surface area contributed by atoms with E-state index in [0.29, 0.717) is 0 Å². The summed E-state index contributed by atoms with van der Waals surface area (Å²) in [7, 11) is 1.68. The molecule has 0 aliphatic heterocycles. The van der Waals surface area contributed by atoms with Gasteiger partial charge in [0.15, 0.2) is 0 Å². The fourth-order valence-corrected chi connectivity index (χ4v) is 3.10. The molecular weight excluding hydrogens is 242 g/mol. The van der Waals surface area contributed by atoms with Crippen molar-refractivity contribution in [3.63, 3.8) is 0 Å². The Hall–Kier alpha value is -1.32. The van der Waals surface area contributed by atoms with E-state index < -0.39 is 0 Å². The van der Waals surface area contributed by atoms with Gasteiger partial charge in [-0.2, -0.15) is 0 Å². The average molecular weight is 261 g/mol. The Balaban J connectivity index is 2.36. The number of hydrogen-bond donors (Lipinski definition) is 1. The molecule has 0 saturated heterocycles. The third-order valence-corrected chi connectivity index (χ3v) is 4.54. The van der Waals surface area contributed by atoms with Crippen LogP contribution in [0.2, 0.25) is 0 Å². The number of aryl methyl sites for hydroxylation is 3. The Bertz CT molecular complexity index is 540. The van der Waals surface area contributed by atoms with Crippen LogP contribution in [-0.2, 0) is 0 Å². The smallest absolute Gasteiger partial charge is 0.119 e. The molecule has 0 aliphatic carbocycles. The van der Waals surface area contributed by atoms with Crippen molar-refractivity contribution in [2.24, 2.45) is 5.73 Å². The lowest BCUT2D eigenvalue weighted by Crippen LogP contribution is -2.11. The zero-order chi connectivity index (χ0) is 13.3. The summed E-state index contributed by atoms with van der Waals surface area (Å²) in [6, 6.07) is 8.20. The summed E-state index contributed by atoms with van der Waals surface area (Å²) in [5.41, 5.74) is 10.0. The normalized spacial score (nSPS) is 12.5. The van der Waals surface area contributed by atoms with Crippen LogP contribution in [0, 0.1) is 20.8 Å². The quantitative estimate of drug-likeness (QED) is 0.913. The monoisotopic (exact) mass is 261 g/mol. The van der Waals surface area contributed by atoms with E-state index in [2.05, 4.69) is 32.9 Å². The molecule has 0 radical (unpaired) electrons. The molecule has 3 heteroatoms. The third kappa shape index (κ3) is 2.42. The Morgan fingerprint density at radius 2 is 1.83 bits per heavy atom. The van der Waals surface area contributed by atoms with Gasteiger partial charge in [0.2, 0.25) is 0 Å². The molecular formula is C15H19NOS. The first-order valence-corrected chi connectivity index (χ1v) is 6.81. The molecule has 0 amide bonds. The number of thiophene rings is 1. The molecule has 1 atom stereocenters. The molecule has 2 rings (SSSR count). The van der Waals surface area contributed by atoms with Crippen LogP contribution in [0.4, 0.5) is 0 Å². The van der Waals surface area contributed by atoms with E-state index in [1.54, 1.807) is 18.4 Å². The minimum absolute atomic E-state index is 0.0479. The molecule has 1 heterocycles. The number of ether oxygens (including phenoxy) is 1. The summed E-state index contributed by atoms with van der Waals surface area (Å²) >= 11 is 1.78. The van der Waals surface area contributed by atoms with E-state index in [9.17, 15) is 0 Å². The van der Waals surface area contributed by atoms with Crippen LogP contribution in [0.3, 0.4) is 0 Å². The van der Waals surface area contributed by atoms with Crippen molar-refractivity contribution in [3.05, 3.63) is 50.7 Å². The molecule has 0 spiro atoms. The van der Waals surface area contributed by atoms with E-state index in [1.807, 2.05) is 12.1 Å². The molecule has 2 aromatic rings. The summed E-state index contributed by atoms with van der Waals surface area (Å²) < 4.78 is 5.22. The fraction of sp³-hybridized carbons (Fsp3) is 0.333. The van der Waals surface area contributed by atoms with Crippen molar-refractivity contribution in [2.45, 2.75) is 26.8 Å². The van der Waals surface area contributed by atoms with Crippen LogP contribution in [0.5, 0.6) is 5.75 Å². The van der Waals surface area contributed by atoms with E-state index in [0.717, 1.165) is 11.3 Å².